The Labute approximate surface area is 195 Å². The van der Waals surface area contributed by atoms with Crippen molar-refractivity contribution in [2.75, 3.05) is 19.6 Å². The number of amides is 2. The van der Waals surface area contributed by atoms with Crippen molar-refractivity contribution in [2.45, 2.75) is 83.5 Å². The van der Waals surface area contributed by atoms with Gasteiger partial charge in [0.15, 0.2) is 5.41 Å². The summed E-state index contributed by atoms with van der Waals surface area (Å²) in [6.45, 7) is 1.05. The highest BCUT2D eigenvalue weighted by Crippen LogP contribution is 2.60. The van der Waals surface area contributed by atoms with Crippen LogP contribution < -0.4 is 5.32 Å². The monoisotopic (exact) mass is 462 g/mol. The second-order valence-corrected chi connectivity index (χ2v) is 11.2. The Kier molecular flexibility index (Phi) is 7.01. The number of nitrogens with zero attached hydrogens (tertiary/aromatic N) is 1. The fraction of sp³-hybridized carbons (Fsp3) is 0.840. The Morgan fingerprint density at radius 3 is 1.82 bits per heavy atom. The minimum Gasteiger partial charge on any atom is -0.480 e. The van der Waals surface area contributed by atoms with Gasteiger partial charge < -0.3 is 20.4 Å². The largest absolute Gasteiger partial charge is 0.480 e. The van der Waals surface area contributed by atoms with Gasteiger partial charge in [-0.25, -0.2) is 0 Å². The predicted octanol–water partition coefficient (Wildman–Crippen LogP) is 3.05. The van der Waals surface area contributed by atoms with E-state index in [0.29, 0.717) is 13.0 Å². The topological polar surface area (TPSA) is 124 Å². The number of piperidine rings is 1. The zero-order chi connectivity index (χ0) is 23.6. The third kappa shape index (κ3) is 4.90. The number of nitrogens with one attached hydrogen (secondary N) is 1. The number of carboxylic acids is 2. The highest BCUT2D eigenvalue weighted by Gasteiger charge is 2.54. The Balaban J connectivity index is 1.08. The molecule has 184 valence electrons. The molecule has 3 N–H and O–H groups in total. The van der Waals surface area contributed by atoms with E-state index in [0.717, 1.165) is 62.7 Å². The second kappa shape index (κ2) is 9.63. The summed E-state index contributed by atoms with van der Waals surface area (Å²) >= 11 is 0. The first-order valence-corrected chi connectivity index (χ1v) is 12.8. The van der Waals surface area contributed by atoms with Crippen molar-refractivity contribution in [3.63, 3.8) is 0 Å². The molecular weight excluding hydrogens is 424 g/mol. The number of likely N-dealkylation sites (tertiary alicyclic amines) is 1. The highest BCUT2D eigenvalue weighted by molar-refractivity contribution is 5.98. The minimum atomic E-state index is -1.77. The first-order chi connectivity index (χ1) is 15.7. The van der Waals surface area contributed by atoms with E-state index in [-0.39, 0.29) is 43.2 Å². The van der Waals surface area contributed by atoms with Crippen LogP contribution in [0.25, 0.3) is 0 Å². The molecule has 0 aromatic heterocycles. The summed E-state index contributed by atoms with van der Waals surface area (Å²) in [6.07, 6.45) is 11.1. The van der Waals surface area contributed by atoms with Crippen molar-refractivity contribution in [3.05, 3.63) is 0 Å². The first-order valence-electron chi connectivity index (χ1n) is 12.8. The van der Waals surface area contributed by atoms with Gasteiger partial charge in [0.05, 0.1) is 0 Å². The summed E-state index contributed by atoms with van der Waals surface area (Å²) < 4.78 is 0. The number of hydrogen-bond donors (Lipinski definition) is 3. The van der Waals surface area contributed by atoms with Crippen LogP contribution in [0, 0.1) is 28.6 Å². The molecule has 0 aromatic rings. The summed E-state index contributed by atoms with van der Waals surface area (Å²) in [7, 11) is 0. The fourth-order valence-electron chi connectivity index (χ4n) is 7.35. The molecule has 0 aromatic carbocycles. The lowest BCUT2D eigenvalue weighted by atomic mass is 9.49. The minimum absolute atomic E-state index is 0.0329. The Hall–Kier alpha value is -2.12. The van der Waals surface area contributed by atoms with Gasteiger partial charge in [-0.05, 0) is 82.0 Å². The zero-order valence-electron chi connectivity index (χ0n) is 19.5. The fourth-order valence-corrected chi connectivity index (χ4v) is 7.35. The van der Waals surface area contributed by atoms with Gasteiger partial charge in [-0.2, -0.15) is 0 Å². The Morgan fingerprint density at radius 1 is 0.788 bits per heavy atom. The molecular formula is C25H38N2O6. The quantitative estimate of drug-likeness (QED) is 0.339. The molecule has 5 rings (SSSR count). The van der Waals surface area contributed by atoms with Crippen LogP contribution in [0.2, 0.25) is 0 Å². The molecule has 4 aliphatic carbocycles. The molecule has 5 aliphatic rings. The van der Waals surface area contributed by atoms with Crippen LogP contribution in [0.3, 0.4) is 0 Å². The molecule has 5 fully saturated rings. The van der Waals surface area contributed by atoms with Crippen molar-refractivity contribution in [1.29, 1.82) is 0 Å². The molecule has 1 aliphatic heterocycles. The number of carboxylic acid groups (broad SMARTS) is 2. The van der Waals surface area contributed by atoms with E-state index < -0.39 is 17.4 Å². The van der Waals surface area contributed by atoms with E-state index in [4.69, 9.17) is 0 Å². The van der Waals surface area contributed by atoms with Crippen molar-refractivity contribution >= 4 is 23.8 Å². The first kappa shape index (κ1) is 24.0. The maximum atomic E-state index is 12.9. The standard InChI is InChI=1S/C25H38N2O6/c28-20(27-9-6-25(7-10-27,22(30)31)23(32)33)5-3-1-2-4-8-26-21(29)24-14-17-11-18(15-24)13-19(12-17)16-24/h17-19H,1-16H2,(H,26,29)(H,30,31)(H,32,33). The normalized spacial score (nSPS) is 31.9. The molecule has 8 heteroatoms. The van der Waals surface area contributed by atoms with E-state index in [1.807, 2.05) is 0 Å². The lowest BCUT2D eigenvalue weighted by molar-refractivity contribution is -0.169. The molecule has 1 saturated heterocycles. The van der Waals surface area contributed by atoms with Crippen LogP contribution in [0.1, 0.15) is 83.5 Å². The van der Waals surface area contributed by atoms with Crippen LogP contribution >= 0.6 is 0 Å². The SMILES string of the molecule is O=C(CCCCCCNC(=O)C12CC3CC(CC(C3)C1)C2)N1CCC(C(=O)O)(C(=O)O)CC1. The molecule has 1 heterocycles. The molecule has 4 bridgehead atoms. The Morgan fingerprint density at radius 2 is 1.30 bits per heavy atom. The Bertz CT molecular complexity index is 734. The molecule has 2 amide bonds. The van der Waals surface area contributed by atoms with Gasteiger partial charge in [0.1, 0.15) is 0 Å². The van der Waals surface area contributed by atoms with Crippen LogP contribution in [0.15, 0.2) is 0 Å². The number of aliphatic carboxylic acids is 2. The summed E-state index contributed by atoms with van der Waals surface area (Å²) in [4.78, 5) is 49.7. The summed E-state index contributed by atoms with van der Waals surface area (Å²) in [5.74, 6) is -0.0951. The predicted molar refractivity (Wildman–Crippen MR) is 120 cm³/mol. The van der Waals surface area contributed by atoms with Crippen molar-refractivity contribution < 1.29 is 29.4 Å². The molecule has 0 atom stereocenters. The van der Waals surface area contributed by atoms with Crippen LogP contribution in [-0.2, 0) is 19.2 Å². The average molecular weight is 463 g/mol. The molecule has 4 saturated carbocycles. The van der Waals surface area contributed by atoms with E-state index in [1.54, 1.807) is 4.90 Å². The molecule has 0 unspecified atom stereocenters. The lowest BCUT2D eigenvalue weighted by Gasteiger charge is -2.55. The molecule has 0 spiro atoms. The summed E-state index contributed by atoms with van der Waals surface area (Å²) in [6, 6.07) is 0. The van der Waals surface area contributed by atoms with Gasteiger partial charge in [-0.1, -0.05) is 12.8 Å². The maximum absolute atomic E-state index is 12.9. The smallest absolute Gasteiger partial charge is 0.321 e. The summed E-state index contributed by atoms with van der Waals surface area (Å²) in [5, 5.41) is 21.8. The van der Waals surface area contributed by atoms with Gasteiger partial charge in [0.25, 0.3) is 0 Å². The van der Waals surface area contributed by atoms with Crippen molar-refractivity contribution in [1.82, 2.24) is 10.2 Å². The lowest BCUT2D eigenvalue weighted by Crippen LogP contribution is -2.53. The molecule has 33 heavy (non-hydrogen) atoms. The van der Waals surface area contributed by atoms with E-state index in [9.17, 15) is 29.4 Å². The van der Waals surface area contributed by atoms with Crippen LogP contribution in [-0.4, -0.2) is 58.5 Å². The van der Waals surface area contributed by atoms with Crippen LogP contribution in [0.5, 0.6) is 0 Å². The highest BCUT2D eigenvalue weighted by atomic mass is 16.4. The molecule has 0 radical (unpaired) electrons. The summed E-state index contributed by atoms with van der Waals surface area (Å²) in [5.41, 5.74) is -1.86. The van der Waals surface area contributed by atoms with E-state index >= 15 is 0 Å². The van der Waals surface area contributed by atoms with Crippen molar-refractivity contribution in [3.8, 4) is 0 Å². The van der Waals surface area contributed by atoms with Gasteiger partial charge in [0, 0.05) is 31.5 Å². The zero-order valence-corrected chi connectivity index (χ0v) is 19.5. The van der Waals surface area contributed by atoms with Gasteiger partial charge in [0.2, 0.25) is 11.8 Å². The number of carbonyl (C=O) groups is 4. The molecule has 8 nitrogen and oxygen atoms in total. The third-order valence-corrected chi connectivity index (χ3v) is 8.91. The average Bonchev–Trinajstić information content (AvgIpc) is 2.77. The van der Waals surface area contributed by atoms with Gasteiger partial charge in [-0.3, -0.25) is 19.2 Å². The second-order valence-electron chi connectivity index (χ2n) is 11.2. The van der Waals surface area contributed by atoms with Gasteiger partial charge >= 0.3 is 11.9 Å². The van der Waals surface area contributed by atoms with Gasteiger partial charge in [-0.15, -0.1) is 0 Å². The van der Waals surface area contributed by atoms with Crippen molar-refractivity contribution in [2.24, 2.45) is 28.6 Å². The number of carbonyl (C=O) groups excluding carboxylic acids is 2. The van der Waals surface area contributed by atoms with E-state index in [1.165, 1.54) is 19.3 Å². The van der Waals surface area contributed by atoms with Crippen LogP contribution in [0.4, 0.5) is 0 Å². The number of hydrogen-bond acceptors (Lipinski definition) is 4. The number of unbranched alkanes of at least 4 members (excludes halogenated alkanes) is 3. The maximum Gasteiger partial charge on any atom is 0.321 e. The third-order valence-electron chi connectivity index (χ3n) is 8.91. The van der Waals surface area contributed by atoms with E-state index in [2.05, 4.69) is 5.32 Å². The number of rotatable bonds is 10.